The predicted molar refractivity (Wildman–Crippen MR) is 127 cm³/mol. The number of thiazole rings is 2. The van der Waals surface area contributed by atoms with E-state index in [-0.39, 0.29) is 11.0 Å². The van der Waals surface area contributed by atoms with Crippen LogP contribution in [0.1, 0.15) is 5.56 Å². The minimum atomic E-state index is -4.54. The normalized spacial score (nSPS) is 11.7. The van der Waals surface area contributed by atoms with E-state index < -0.39 is 10.1 Å². The van der Waals surface area contributed by atoms with Gasteiger partial charge < -0.3 is 16.4 Å². The zero-order valence-electron chi connectivity index (χ0n) is 16.6. The topological polar surface area (TPSA) is 146 Å². The van der Waals surface area contributed by atoms with Crippen molar-refractivity contribution in [3.05, 3.63) is 60.2 Å². The number of fused-ring (bicyclic) bond motifs is 2. The summed E-state index contributed by atoms with van der Waals surface area (Å²) in [6, 6.07) is 16.6. The summed E-state index contributed by atoms with van der Waals surface area (Å²) in [5.74, 6) is 0. The summed E-state index contributed by atoms with van der Waals surface area (Å²) in [6.45, 7) is 1.62. The molecule has 7 nitrogen and oxygen atoms in total. The third-order valence-corrected chi connectivity index (χ3v) is 7.86. The summed E-state index contributed by atoms with van der Waals surface area (Å²) in [7, 11) is -4.54. The molecule has 6 N–H and O–H groups in total. The lowest BCUT2D eigenvalue weighted by Crippen LogP contribution is -2.00. The molecule has 0 atom stereocenters. The van der Waals surface area contributed by atoms with Crippen molar-refractivity contribution in [2.24, 2.45) is 0 Å². The first kappa shape index (κ1) is 21.3. The maximum absolute atomic E-state index is 11.5. The lowest BCUT2D eigenvalue weighted by atomic mass is 10.2. The van der Waals surface area contributed by atoms with Gasteiger partial charge in [0.1, 0.15) is 20.1 Å². The Balaban J connectivity index is 0.00000231. The number of rotatable bonds is 3. The second-order valence-corrected chi connectivity index (χ2v) is 10.3. The van der Waals surface area contributed by atoms with Crippen LogP contribution in [-0.4, -0.2) is 22.9 Å². The molecule has 0 aliphatic carbocycles. The van der Waals surface area contributed by atoms with Crippen LogP contribution < -0.4 is 11.9 Å². The molecule has 2 aromatic heterocycles. The van der Waals surface area contributed by atoms with Gasteiger partial charge in [-0.2, -0.15) is 0 Å². The number of nitrogen functional groups attached to an aromatic ring is 1. The van der Waals surface area contributed by atoms with Gasteiger partial charge in [0.2, 0.25) is 0 Å². The summed E-state index contributed by atoms with van der Waals surface area (Å²) >= 11 is 3.04. The molecule has 0 bridgehead atoms. The van der Waals surface area contributed by atoms with Crippen molar-refractivity contribution in [1.29, 1.82) is 0 Å². The Morgan fingerprint density at radius 2 is 1.42 bits per heavy atom. The van der Waals surface area contributed by atoms with Crippen molar-refractivity contribution in [2.75, 3.05) is 5.73 Å². The van der Waals surface area contributed by atoms with E-state index in [1.54, 1.807) is 24.3 Å². The zero-order valence-corrected chi connectivity index (χ0v) is 19.1. The monoisotopic (exact) mass is 470 g/mol. The van der Waals surface area contributed by atoms with Gasteiger partial charge in [-0.25, -0.2) is 18.4 Å². The number of aryl methyl sites for hydroxylation is 1. The second kappa shape index (κ2) is 7.66. The summed E-state index contributed by atoms with van der Waals surface area (Å²) < 4.78 is 36.3. The number of hydrogen-bond donors (Lipinski definition) is 2. The molecule has 0 aliphatic heterocycles. The quantitative estimate of drug-likeness (QED) is 0.266. The lowest BCUT2D eigenvalue weighted by molar-refractivity contribution is 0.462. The second-order valence-electron chi connectivity index (χ2n) is 6.88. The molecule has 0 fully saturated rings. The number of hydrogen-bond acceptors (Lipinski definition) is 8. The predicted octanol–water partition coefficient (Wildman–Crippen LogP) is 5.41. The van der Waals surface area contributed by atoms with Gasteiger partial charge in [-0.3, -0.25) is 0 Å². The summed E-state index contributed by atoms with van der Waals surface area (Å²) in [5, 5.41) is 1.67. The van der Waals surface area contributed by atoms with Crippen LogP contribution in [0.25, 0.3) is 41.6 Å². The van der Waals surface area contributed by atoms with Crippen LogP contribution in [0.15, 0.2) is 59.5 Å². The number of quaternary nitrogens is 1. The van der Waals surface area contributed by atoms with Gasteiger partial charge in [0.15, 0.2) is 0 Å². The van der Waals surface area contributed by atoms with E-state index in [0.717, 1.165) is 36.1 Å². The highest BCUT2D eigenvalue weighted by Crippen LogP contribution is 2.36. The minimum absolute atomic E-state index is 0. The first-order chi connectivity index (χ1) is 14.3. The Hall–Kier alpha value is -2.89. The molecule has 0 saturated heterocycles. The summed E-state index contributed by atoms with van der Waals surface area (Å²) in [5.41, 5.74) is 10.2. The van der Waals surface area contributed by atoms with Crippen molar-refractivity contribution in [3.8, 4) is 21.1 Å². The molecule has 158 valence electrons. The van der Waals surface area contributed by atoms with Gasteiger partial charge in [0.05, 0.1) is 25.3 Å². The molecule has 0 saturated carbocycles. The first-order valence-corrected chi connectivity index (χ1v) is 12.0. The molecule has 0 spiro atoms. The van der Waals surface area contributed by atoms with Crippen LogP contribution >= 0.6 is 22.7 Å². The number of benzene rings is 3. The standard InChI is InChI=1S/C21H15N3O3S3.H3N/c1-11-8-17-16(10-19(11)30(25,26)27)24-21(28-17)13-4-7-15-18(9-13)29-20(23-15)12-2-5-14(22)6-3-12;/h2-10H,22H2,1H3,(H,25,26,27);1H3. The van der Waals surface area contributed by atoms with Crippen molar-refractivity contribution < 1.29 is 13.0 Å². The fraction of sp³-hybridized carbons (Fsp3) is 0.0476. The molecule has 2 heterocycles. The fourth-order valence-corrected chi connectivity index (χ4v) is 6.02. The first-order valence-electron chi connectivity index (χ1n) is 8.92. The third-order valence-electron chi connectivity index (χ3n) is 4.75. The van der Waals surface area contributed by atoms with Crippen LogP contribution in [0.4, 0.5) is 5.69 Å². The van der Waals surface area contributed by atoms with Crippen molar-refractivity contribution in [2.45, 2.75) is 11.8 Å². The molecule has 0 unspecified atom stereocenters. The lowest BCUT2D eigenvalue weighted by Gasteiger charge is -2.09. The Labute approximate surface area is 186 Å². The van der Waals surface area contributed by atoms with Crippen LogP contribution in [0.2, 0.25) is 0 Å². The van der Waals surface area contributed by atoms with Crippen molar-refractivity contribution >= 4 is 58.9 Å². The van der Waals surface area contributed by atoms with E-state index in [2.05, 4.69) is 4.98 Å². The largest absolute Gasteiger partial charge is 0.744 e. The maximum Gasteiger partial charge on any atom is 0.124 e. The number of anilines is 1. The Kier molecular flexibility index (Phi) is 5.28. The number of nitrogens with zero attached hydrogens (tertiary/aromatic N) is 2. The molecule has 0 aliphatic rings. The van der Waals surface area contributed by atoms with Gasteiger partial charge in [-0.05, 0) is 67.1 Å². The van der Waals surface area contributed by atoms with Crippen molar-refractivity contribution in [3.63, 3.8) is 0 Å². The number of nitrogens with two attached hydrogens (primary N) is 1. The number of aromatic nitrogens is 2. The smallest absolute Gasteiger partial charge is 0.124 e. The molecular weight excluding hydrogens is 452 g/mol. The summed E-state index contributed by atoms with van der Waals surface area (Å²) in [6.07, 6.45) is 0. The molecule has 3 aromatic carbocycles. The third kappa shape index (κ3) is 3.91. The van der Waals surface area contributed by atoms with Gasteiger partial charge in [0, 0.05) is 16.8 Å². The molecular formula is C21H18N4O3S3. The van der Waals surface area contributed by atoms with E-state index in [0.29, 0.717) is 16.8 Å². The maximum atomic E-state index is 11.5. The SMILES string of the molecule is Cc1cc2sc(-c3ccc4nc(-c5ccc(N)cc5)sc4c3)nc2cc1S(=O)(=O)[O-].[NH4+]. The molecule has 5 aromatic rings. The van der Waals surface area contributed by atoms with Crippen LogP contribution in [0, 0.1) is 6.92 Å². The minimum Gasteiger partial charge on any atom is -0.744 e. The van der Waals surface area contributed by atoms with E-state index in [4.69, 9.17) is 10.7 Å². The van der Waals surface area contributed by atoms with E-state index >= 15 is 0 Å². The van der Waals surface area contributed by atoms with Crippen LogP contribution in [0.3, 0.4) is 0 Å². The highest BCUT2D eigenvalue weighted by atomic mass is 32.2. The Morgan fingerprint density at radius 3 is 2.10 bits per heavy atom. The average molecular weight is 471 g/mol. The van der Waals surface area contributed by atoms with E-state index in [1.165, 1.54) is 17.4 Å². The fourth-order valence-electron chi connectivity index (χ4n) is 3.26. The average Bonchev–Trinajstić information content (AvgIpc) is 3.30. The van der Waals surface area contributed by atoms with Crippen LogP contribution in [0.5, 0.6) is 0 Å². The zero-order chi connectivity index (χ0) is 21.0. The van der Waals surface area contributed by atoms with E-state index in [9.17, 15) is 13.0 Å². The highest BCUT2D eigenvalue weighted by molar-refractivity contribution is 7.85. The molecule has 0 radical (unpaired) electrons. The van der Waals surface area contributed by atoms with Gasteiger partial charge in [0.25, 0.3) is 0 Å². The van der Waals surface area contributed by atoms with Gasteiger partial charge >= 0.3 is 0 Å². The molecule has 5 rings (SSSR count). The summed E-state index contributed by atoms with van der Waals surface area (Å²) in [4.78, 5) is 9.04. The van der Waals surface area contributed by atoms with E-state index in [1.807, 2.05) is 42.5 Å². The van der Waals surface area contributed by atoms with Crippen molar-refractivity contribution in [1.82, 2.24) is 16.1 Å². The van der Waals surface area contributed by atoms with Gasteiger partial charge in [-0.15, -0.1) is 22.7 Å². The highest BCUT2D eigenvalue weighted by Gasteiger charge is 2.14. The molecule has 10 heteroatoms. The Bertz CT molecular complexity index is 1540. The van der Waals surface area contributed by atoms with Gasteiger partial charge in [-0.1, -0.05) is 0 Å². The molecule has 31 heavy (non-hydrogen) atoms. The molecule has 0 amide bonds. The Morgan fingerprint density at radius 1 is 0.839 bits per heavy atom. The van der Waals surface area contributed by atoms with Crippen LogP contribution in [-0.2, 0) is 10.1 Å².